The Hall–Kier alpha value is -0.360. The van der Waals surface area contributed by atoms with Crippen molar-refractivity contribution in [3.8, 4) is 0 Å². The van der Waals surface area contributed by atoms with Crippen LogP contribution in [-0.4, -0.2) is 42.9 Å². The standard InChI is InChI=1S/C9H16O4S2/c1-15-7-9(11)13-5-3-2-4-12-8(10)6-14/h14H,2-7H2,1H3. The van der Waals surface area contributed by atoms with Crippen LogP contribution in [0.3, 0.4) is 0 Å². The summed E-state index contributed by atoms with van der Waals surface area (Å²) in [6, 6.07) is 0. The third-order valence-corrected chi connectivity index (χ3v) is 2.24. The van der Waals surface area contributed by atoms with Crippen LogP contribution in [0.4, 0.5) is 0 Å². The van der Waals surface area contributed by atoms with Crippen molar-refractivity contribution in [1.29, 1.82) is 0 Å². The first-order valence-electron chi connectivity index (χ1n) is 4.61. The van der Waals surface area contributed by atoms with Gasteiger partial charge in [0.2, 0.25) is 0 Å². The van der Waals surface area contributed by atoms with Crippen molar-refractivity contribution in [2.75, 3.05) is 31.0 Å². The van der Waals surface area contributed by atoms with Crippen molar-refractivity contribution in [3.05, 3.63) is 0 Å². The number of carbonyl (C=O) groups excluding carboxylic acids is 2. The molecule has 0 amide bonds. The van der Waals surface area contributed by atoms with E-state index in [-0.39, 0.29) is 17.7 Å². The highest BCUT2D eigenvalue weighted by Gasteiger charge is 2.01. The van der Waals surface area contributed by atoms with E-state index in [2.05, 4.69) is 12.6 Å². The van der Waals surface area contributed by atoms with Crippen LogP contribution in [0.2, 0.25) is 0 Å². The number of rotatable bonds is 8. The average molecular weight is 252 g/mol. The first kappa shape index (κ1) is 14.6. The lowest BCUT2D eigenvalue weighted by Gasteiger charge is -2.04. The van der Waals surface area contributed by atoms with Gasteiger partial charge in [0.25, 0.3) is 0 Å². The molecule has 0 saturated carbocycles. The molecule has 6 heteroatoms. The number of hydrogen-bond acceptors (Lipinski definition) is 6. The lowest BCUT2D eigenvalue weighted by molar-refractivity contribution is -0.142. The van der Waals surface area contributed by atoms with Gasteiger partial charge in [0.15, 0.2) is 0 Å². The van der Waals surface area contributed by atoms with Crippen LogP contribution < -0.4 is 0 Å². The summed E-state index contributed by atoms with van der Waals surface area (Å²) in [5.74, 6) is -0.0373. The third kappa shape index (κ3) is 9.93. The molecule has 0 saturated heterocycles. The number of thiol groups is 1. The second-order valence-electron chi connectivity index (χ2n) is 2.74. The lowest BCUT2D eigenvalue weighted by atomic mass is 10.3. The summed E-state index contributed by atoms with van der Waals surface area (Å²) in [5, 5.41) is 0. The monoisotopic (exact) mass is 252 g/mol. The Labute approximate surface area is 99.5 Å². The topological polar surface area (TPSA) is 52.6 Å². The van der Waals surface area contributed by atoms with Gasteiger partial charge in [-0.3, -0.25) is 9.59 Å². The summed E-state index contributed by atoms with van der Waals surface area (Å²) >= 11 is 5.20. The van der Waals surface area contributed by atoms with Gasteiger partial charge in [0.05, 0.1) is 24.7 Å². The molecule has 0 aromatic carbocycles. The summed E-state index contributed by atoms with van der Waals surface area (Å²) in [7, 11) is 0. The van der Waals surface area contributed by atoms with Crippen LogP contribution in [0.25, 0.3) is 0 Å². The summed E-state index contributed by atoms with van der Waals surface area (Å²) in [5.41, 5.74) is 0. The molecule has 0 aromatic rings. The molecule has 0 aromatic heterocycles. The predicted molar refractivity (Wildman–Crippen MR) is 63.4 cm³/mol. The van der Waals surface area contributed by atoms with Gasteiger partial charge in [-0.15, -0.1) is 0 Å². The van der Waals surface area contributed by atoms with Crippen molar-refractivity contribution in [1.82, 2.24) is 0 Å². The Morgan fingerprint density at radius 1 is 1.13 bits per heavy atom. The van der Waals surface area contributed by atoms with E-state index in [0.29, 0.717) is 31.8 Å². The van der Waals surface area contributed by atoms with Crippen molar-refractivity contribution in [2.24, 2.45) is 0 Å². The molecule has 0 fully saturated rings. The highest BCUT2D eigenvalue weighted by atomic mass is 32.2. The van der Waals surface area contributed by atoms with E-state index in [4.69, 9.17) is 9.47 Å². The summed E-state index contributed by atoms with van der Waals surface area (Å²) in [4.78, 5) is 21.5. The van der Waals surface area contributed by atoms with Gasteiger partial charge in [-0.05, 0) is 19.1 Å². The van der Waals surface area contributed by atoms with Gasteiger partial charge in [-0.2, -0.15) is 24.4 Å². The second-order valence-corrected chi connectivity index (χ2v) is 3.92. The van der Waals surface area contributed by atoms with Gasteiger partial charge in [-0.25, -0.2) is 0 Å². The van der Waals surface area contributed by atoms with E-state index in [1.807, 2.05) is 6.26 Å². The summed E-state index contributed by atoms with van der Waals surface area (Å²) in [6.07, 6.45) is 3.25. The van der Waals surface area contributed by atoms with Crippen molar-refractivity contribution >= 4 is 36.3 Å². The van der Waals surface area contributed by atoms with Crippen molar-refractivity contribution in [2.45, 2.75) is 12.8 Å². The normalized spacial score (nSPS) is 9.73. The molecule has 0 rings (SSSR count). The van der Waals surface area contributed by atoms with E-state index in [1.165, 1.54) is 11.8 Å². The summed E-state index contributed by atoms with van der Waals surface area (Å²) in [6.45, 7) is 0.747. The SMILES string of the molecule is CSCC(=O)OCCCCOC(=O)CS. The Balaban J connectivity index is 3.18. The molecule has 88 valence electrons. The maximum absolute atomic E-state index is 10.9. The zero-order chi connectivity index (χ0) is 11.5. The minimum Gasteiger partial charge on any atom is -0.465 e. The molecule has 0 radical (unpaired) electrons. The molecule has 15 heavy (non-hydrogen) atoms. The largest absolute Gasteiger partial charge is 0.465 e. The first-order valence-corrected chi connectivity index (χ1v) is 6.64. The van der Waals surface area contributed by atoms with Crippen molar-refractivity contribution in [3.63, 3.8) is 0 Å². The van der Waals surface area contributed by atoms with E-state index in [9.17, 15) is 9.59 Å². The van der Waals surface area contributed by atoms with Crippen LogP contribution >= 0.6 is 24.4 Å². The number of carbonyl (C=O) groups is 2. The highest BCUT2D eigenvalue weighted by molar-refractivity contribution is 7.99. The van der Waals surface area contributed by atoms with E-state index >= 15 is 0 Å². The summed E-state index contributed by atoms with van der Waals surface area (Å²) < 4.78 is 9.69. The Bertz CT molecular complexity index is 197. The van der Waals surface area contributed by atoms with Crippen LogP contribution in [0.15, 0.2) is 0 Å². The van der Waals surface area contributed by atoms with Gasteiger partial charge < -0.3 is 9.47 Å². The predicted octanol–water partition coefficient (Wildman–Crippen LogP) is 1.15. The number of thioether (sulfide) groups is 1. The van der Waals surface area contributed by atoms with Crippen molar-refractivity contribution < 1.29 is 19.1 Å². The maximum atomic E-state index is 10.9. The van der Waals surface area contributed by atoms with Crippen LogP contribution in [-0.2, 0) is 19.1 Å². The van der Waals surface area contributed by atoms with E-state index < -0.39 is 0 Å². The molecule has 0 N–H and O–H groups in total. The van der Waals surface area contributed by atoms with Gasteiger partial charge >= 0.3 is 11.9 Å². The minimum atomic E-state index is -0.322. The smallest absolute Gasteiger partial charge is 0.315 e. The van der Waals surface area contributed by atoms with Crippen LogP contribution in [0.5, 0.6) is 0 Å². The number of esters is 2. The third-order valence-electron chi connectivity index (χ3n) is 1.46. The number of unbranched alkanes of at least 4 members (excludes halogenated alkanes) is 1. The molecule has 4 nitrogen and oxygen atoms in total. The molecule has 0 aliphatic heterocycles. The fourth-order valence-corrected chi connectivity index (χ4v) is 1.19. The average Bonchev–Trinajstić information content (AvgIpc) is 2.23. The zero-order valence-corrected chi connectivity index (χ0v) is 10.4. The van der Waals surface area contributed by atoms with Gasteiger partial charge in [0, 0.05) is 0 Å². The fourth-order valence-electron chi connectivity index (χ4n) is 0.781. The first-order chi connectivity index (χ1) is 7.20. The molecule has 0 heterocycles. The quantitative estimate of drug-likeness (QED) is 0.399. The van der Waals surface area contributed by atoms with Gasteiger partial charge in [-0.1, -0.05) is 0 Å². The molecule has 0 aliphatic rings. The molecule has 0 spiro atoms. The maximum Gasteiger partial charge on any atom is 0.315 e. The van der Waals surface area contributed by atoms with Gasteiger partial charge in [0.1, 0.15) is 0 Å². The Morgan fingerprint density at radius 3 is 2.13 bits per heavy atom. The van der Waals surface area contributed by atoms with Crippen LogP contribution in [0, 0.1) is 0 Å². The van der Waals surface area contributed by atoms with Crippen LogP contribution in [0.1, 0.15) is 12.8 Å². The molecule has 0 bridgehead atoms. The molecular formula is C9H16O4S2. The molecule has 0 unspecified atom stereocenters. The fraction of sp³-hybridized carbons (Fsp3) is 0.778. The molecular weight excluding hydrogens is 236 g/mol. The molecule has 0 aliphatic carbocycles. The second kappa shape index (κ2) is 10.2. The number of hydrogen-bond donors (Lipinski definition) is 1. The number of ether oxygens (including phenoxy) is 2. The molecule has 0 atom stereocenters. The zero-order valence-electron chi connectivity index (χ0n) is 8.73. The van der Waals surface area contributed by atoms with E-state index in [0.717, 1.165) is 0 Å². The lowest BCUT2D eigenvalue weighted by Crippen LogP contribution is -2.10. The Morgan fingerprint density at radius 2 is 1.67 bits per heavy atom. The van der Waals surface area contributed by atoms with E-state index in [1.54, 1.807) is 0 Å². The Kier molecular flexibility index (Phi) is 9.92. The minimum absolute atomic E-state index is 0.0999. The highest BCUT2D eigenvalue weighted by Crippen LogP contribution is 1.96.